The molecule has 35 heavy (non-hydrogen) atoms. The maximum atomic E-state index is 10.7. The topological polar surface area (TPSA) is 49.8 Å². The Balaban J connectivity index is 1.95. The van der Waals surface area contributed by atoms with Gasteiger partial charge in [-0.3, -0.25) is 9.69 Å². The minimum absolute atomic E-state index is 0.209. The number of carboxylic acid groups (broad SMARTS) is 1. The van der Waals surface area contributed by atoms with Crippen molar-refractivity contribution < 1.29 is 14.3 Å². The Morgan fingerprint density at radius 1 is 1.23 bits per heavy atom. The summed E-state index contributed by atoms with van der Waals surface area (Å²) in [7, 11) is -1.82. The van der Waals surface area contributed by atoms with E-state index in [4.69, 9.17) is 21.1 Å². The van der Waals surface area contributed by atoms with Crippen molar-refractivity contribution in [2.75, 3.05) is 13.1 Å². The second kappa shape index (κ2) is 14.0. The summed E-state index contributed by atoms with van der Waals surface area (Å²) in [4.78, 5) is 13.3. The molecule has 0 amide bonds. The summed E-state index contributed by atoms with van der Waals surface area (Å²) in [5, 5.41) is 9.24. The van der Waals surface area contributed by atoms with Crippen molar-refractivity contribution in [2.45, 2.75) is 147 Å². The number of nitrogens with zero attached hydrogens (tertiary/aromatic N) is 1. The van der Waals surface area contributed by atoms with Crippen LogP contribution >= 0.6 is 11.6 Å². The molecule has 3 unspecified atom stereocenters. The lowest BCUT2D eigenvalue weighted by atomic mass is 9.61. The summed E-state index contributed by atoms with van der Waals surface area (Å²) >= 11 is 6.72. The molecule has 0 aromatic carbocycles. The Bertz CT molecular complexity index is 671. The Kier molecular flexibility index (Phi) is 12.3. The largest absolute Gasteiger partial charge is 0.481 e. The van der Waals surface area contributed by atoms with Gasteiger partial charge in [-0.05, 0) is 94.4 Å². The molecule has 2 rings (SSSR count). The fourth-order valence-electron chi connectivity index (χ4n) is 5.57. The lowest BCUT2D eigenvalue weighted by Crippen LogP contribution is -2.51. The first kappa shape index (κ1) is 30.9. The number of alkyl halides is 1. The molecule has 0 spiro atoms. The molecule has 1 N–H and O–H groups in total. The van der Waals surface area contributed by atoms with Gasteiger partial charge in [-0.2, -0.15) is 0 Å². The quantitative estimate of drug-likeness (QED) is 0.0946. The van der Waals surface area contributed by atoms with E-state index in [1.807, 2.05) is 0 Å². The van der Waals surface area contributed by atoms with E-state index in [9.17, 15) is 4.79 Å². The van der Waals surface area contributed by atoms with Crippen LogP contribution in [0, 0.1) is 5.41 Å². The third kappa shape index (κ3) is 9.16. The van der Waals surface area contributed by atoms with Crippen LogP contribution < -0.4 is 0 Å². The average Bonchev–Trinajstić information content (AvgIpc) is 3.08. The minimum atomic E-state index is -1.82. The predicted molar refractivity (Wildman–Crippen MR) is 152 cm³/mol. The smallest absolute Gasteiger partial charge is 0.303 e. The molecule has 0 aromatic rings. The SMILES string of the molecule is CCCCC1(C(CCCN2CCC(Cl)C2CC=CCCCC(=O)O)O[Si](C)(C)C(C)(C)C)CCC1. The molecular formula is C29H54ClNO3Si. The van der Waals surface area contributed by atoms with E-state index >= 15 is 0 Å². The Morgan fingerprint density at radius 2 is 1.94 bits per heavy atom. The van der Waals surface area contributed by atoms with Gasteiger partial charge in [0.15, 0.2) is 8.32 Å². The van der Waals surface area contributed by atoms with Gasteiger partial charge in [-0.25, -0.2) is 0 Å². The van der Waals surface area contributed by atoms with E-state index in [0.717, 1.165) is 38.8 Å². The van der Waals surface area contributed by atoms with Crippen molar-refractivity contribution >= 4 is 25.9 Å². The van der Waals surface area contributed by atoms with Crippen molar-refractivity contribution in [1.29, 1.82) is 0 Å². The minimum Gasteiger partial charge on any atom is -0.481 e. The second-order valence-electron chi connectivity index (χ2n) is 12.7. The first-order valence-electron chi connectivity index (χ1n) is 14.3. The number of hydrogen-bond acceptors (Lipinski definition) is 3. The predicted octanol–water partition coefficient (Wildman–Crippen LogP) is 8.40. The third-order valence-electron chi connectivity index (χ3n) is 9.10. The lowest BCUT2D eigenvalue weighted by Gasteiger charge is -2.52. The summed E-state index contributed by atoms with van der Waals surface area (Å²) < 4.78 is 7.18. The molecule has 1 aliphatic carbocycles. The van der Waals surface area contributed by atoms with Crippen LogP contribution in [0.25, 0.3) is 0 Å². The molecule has 1 heterocycles. The fraction of sp³-hybridized carbons (Fsp3) is 0.897. The van der Waals surface area contributed by atoms with Gasteiger partial charge in [0.25, 0.3) is 0 Å². The summed E-state index contributed by atoms with van der Waals surface area (Å²) in [6, 6.07) is 0.393. The molecule has 0 aromatic heterocycles. The maximum Gasteiger partial charge on any atom is 0.303 e. The van der Waals surface area contributed by atoms with Crippen LogP contribution in [-0.4, -0.2) is 54.9 Å². The van der Waals surface area contributed by atoms with E-state index in [-0.39, 0.29) is 16.8 Å². The van der Waals surface area contributed by atoms with Crippen LogP contribution in [0.2, 0.25) is 18.1 Å². The molecule has 204 valence electrons. The molecule has 1 saturated heterocycles. The number of likely N-dealkylation sites (tertiary alicyclic amines) is 1. The van der Waals surface area contributed by atoms with E-state index < -0.39 is 14.3 Å². The summed E-state index contributed by atoms with van der Waals surface area (Å²) in [6.45, 7) is 16.4. The molecule has 4 nitrogen and oxygen atoms in total. The Morgan fingerprint density at radius 3 is 2.51 bits per heavy atom. The van der Waals surface area contributed by atoms with Crippen molar-refractivity contribution in [1.82, 2.24) is 4.90 Å². The molecule has 2 fully saturated rings. The molecule has 0 radical (unpaired) electrons. The number of rotatable bonds is 16. The third-order valence-corrected chi connectivity index (χ3v) is 14.1. The van der Waals surface area contributed by atoms with Crippen molar-refractivity contribution in [3.63, 3.8) is 0 Å². The first-order chi connectivity index (χ1) is 16.4. The van der Waals surface area contributed by atoms with E-state index in [2.05, 4.69) is 57.8 Å². The van der Waals surface area contributed by atoms with Gasteiger partial charge in [0.1, 0.15) is 0 Å². The Labute approximate surface area is 222 Å². The van der Waals surface area contributed by atoms with E-state index in [1.54, 1.807) is 0 Å². The number of halogens is 1. The molecule has 0 bridgehead atoms. The Hall–Kier alpha value is -0.363. The van der Waals surface area contributed by atoms with E-state index in [0.29, 0.717) is 24.0 Å². The molecule has 2 aliphatic rings. The van der Waals surface area contributed by atoms with Crippen LogP contribution in [0.3, 0.4) is 0 Å². The highest BCUT2D eigenvalue weighted by atomic mass is 35.5. The number of aliphatic carboxylic acids is 1. The summed E-state index contributed by atoms with van der Waals surface area (Å²) in [6.07, 6.45) is 18.9. The molecule has 1 aliphatic heterocycles. The van der Waals surface area contributed by atoms with Gasteiger partial charge in [0.2, 0.25) is 0 Å². The van der Waals surface area contributed by atoms with Crippen LogP contribution in [0.1, 0.15) is 111 Å². The number of allylic oxidation sites excluding steroid dienone is 1. The van der Waals surface area contributed by atoms with Crippen LogP contribution in [0.5, 0.6) is 0 Å². The zero-order valence-corrected chi connectivity index (χ0v) is 25.3. The molecular weight excluding hydrogens is 474 g/mol. The van der Waals surface area contributed by atoms with Crippen molar-refractivity contribution in [3.05, 3.63) is 12.2 Å². The lowest BCUT2D eigenvalue weighted by molar-refractivity contribution is -0.137. The van der Waals surface area contributed by atoms with Gasteiger partial charge in [0.05, 0.1) is 11.5 Å². The first-order valence-corrected chi connectivity index (χ1v) is 17.7. The summed E-state index contributed by atoms with van der Waals surface area (Å²) in [5.41, 5.74) is 0.406. The van der Waals surface area contributed by atoms with Crippen molar-refractivity contribution in [2.24, 2.45) is 5.41 Å². The molecule has 3 atom stereocenters. The number of unbranched alkanes of at least 4 members (excludes halogenated alkanes) is 2. The zero-order chi connectivity index (χ0) is 26.1. The van der Waals surface area contributed by atoms with E-state index in [1.165, 1.54) is 44.9 Å². The van der Waals surface area contributed by atoms with Gasteiger partial charge in [0, 0.05) is 12.5 Å². The summed E-state index contributed by atoms with van der Waals surface area (Å²) in [5.74, 6) is -0.713. The van der Waals surface area contributed by atoms with Gasteiger partial charge < -0.3 is 9.53 Å². The fourth-order valence-corrected chi connectivity index (χ4v) is 7.36. The highest BCUT2D eigenvalue weighted by Gasteiger charge is 2.48. The second-order valence-corrected chi connectivity index (χ2v) is 18.0. The average molecular weight is 528 g/mol. The molecule has 6 heteroatoms. The molecule has 1 saturated carbocycles. The van der Waals surface area contributed by atoms with Gasteiger partial charge in [-0.1, -0.05) is 59.1 Å². The maximum absolute atomic E-state index is 10.7. The highest BCUT2D eigenvalue weighted by Crippen LogP contribution is 2.52. The number of carbonyl (C=O) groups is 1. The standard InChI is InChI=1S/C29H54ClNO3Si/c1-7-8-19-29(20-14-21-29)26(34-35(5,6)28(2,3)4)16-13-22-31-23-18-24(30)25(31)15-11-9-10-12-17-27(32)33/h9,11,24-26H,7-8,10,12-23H2,1-6H3,(H,32,33). The van der Waals surface area contributed by atoms with Crippen molar-refractivity contribution in [3.8, 4) is 0 Å². The van der Waals surface area contributed by atoms with Crippen LogP contribution in [0.15, 0.2) is 12.2 Å². The highest BCUT2D eigenvalue weighted by molar-refractivity contribution is 6.74. The van der Waals surface area contributed by atoms with Crippen LogP contribution in [0.4, 0.5) is 0 Å². The number of hydrogen-bond donors (Lipinski definition) is 1. The number of carboxylic acids is 1. The van der Waals surface area contributed by atoms with Crippen LogP contribution in [-0.2, 0) is 9.22 Å². The zero-order valence-electron chi connectivity index (χ0n) is 23.6. The van der Waals surface area contributed by atoms with Gasteiger partial charge in [-0.15, -0.1) is 11.6 Å². The van der Waals surface area contributed by atoms with Gasteiger partial charge >= 0.3 is 5.97 Å². The normalized spacial score (nSPS) is 24.1. The monoisotopic (exact) mass is 527 g/mol.